The van der Waals surface area contributed by atoms with E-state index in [4.69, 9.17) is 4.42 Å². The van der Waals surface area contributed by atoms with Gasteiger partial charge in [0.25, 0.3) is 11.4 Å². The molecule has 0 N–H and O–H groups in total. The Labute approximate surface area is 105 Å². The summed E-state index contributed by atoms with van der Waals surface area (Å²) in [5, 5.41) is 22.5. The second kappa shape index (κ2) is 3.77. The maximum atomic E-state index is 10.7. The summed E-state index contributed by atoms with van der Waals surface area (Å²) in [7, 11) is 0. The number of furan rings is 1. The first-order valence-corrected chi connectivity index (χ1v) is 5.31. The molecule has 3 rings (SSSR count). The van der Waals surface area contributed by atoms with Gasteiger partial charge in [0.2, 0.25) is 0 Å². The van der Waals surface area contributed by atoms with Crippen LogP contribution in [0, 0.1) is 20.2 Å². The first-order chi connectivity index (χ1) is 9.06. The summed E-state index contributed by atoms with van der Waals surface area (Å²) in [5.74, 6) is 0. The molecule has 0 aliphatic rings. The van der Waals surface area contributed by atoms with E-state index in [0.717, 1.165) is 0 Å². The topological polar surface area (TPSA) is 99.4 Å². The molecule has 0 aliphatic carbocycles. The average Bonchev–Trinajstić information content (AvgIpc) is 2.75. The molecule has 1 heterocycles. The molecule has 1 aromatic heterocycles. The van der Waals surface area contributed by atoms with Crippen LogP contribution in [0.4, 0.5) is 11.4 Å². The van der Waals surface area contributed by atoms with Gasteiger partial charge in [-0.2, -0.15) is 0 Å². The van der Waals surface area contributed by atoms with Crippen LogP contribution < -0.4 is 0 Å². The Kier molecular flexibility index (Phi) is 2.21. The highest BCUT2D eigenvalue weighted by atomic mass is 16.6. The van der Waals surface area contributed by atoms with Crippen molar-refractivity contribution in [2.45, 2.75) is 0 Å². The van der Waals surface area contributed by atoms with Crippen molar-refractivity contribution in [2.24, 2.45) is 0 Å². The Morgan fingerprint density at radius 3 is 1.58 bits per heavy atom. The third-order valence-corrected chi connectivity index (χ3v) is 2.86. The molecule has 0 aliphatic heterocycles. The fourth-order valence-corrected chi connectivity index (χ4v) is 1.98. The molecule has 0 saturated heterocycles. The second-order valence-electron chi connectivity index (χ2n) is 3.98. The third kappa shape index (κ3) is 1.68. The van der Waals surface area contributed by atoms with Crippen molar-refractivity contribution in [3.63, 3.8) is 0 Å². The van der Waals surface area contributed by atoms with Gasteiger partial charge in [0, 0.05) is 35.0 Å². The first kappa shape index (κ1) is 11.1. The molecule has 0 radical (unpaired) electrons. The zero-order chi connectivity index (χ0) is 13.6. The Bertz CT molecular complexity index is 768. The number of non-ortho nitro benzene ring substituents is 2. The normalized spacial score (nSPS) is 10.9. The van der Waals surface area contributed by atoms with Gasteiger partial charge in [0.1, 0.15) is 11.2 Å². The molecule has 0 amide bonds. The standard InChI is InChI=1S/C12H6N2O5/c15-13(16)7-1-3-11-9(5-7)10-6-8(14(17)18)2-4-12(10)19-11/h1-6H. The zero-order valence-electron chi connectivity index (χ0n) is 9.40. The number of fused-ring (bicyclic) bond motifs is 3. The summed E-state index contributed by atoms with van der Waals surface area (Å²) in [5.41, 5.74) is 0.755. The number of rotatable bonds is 2. The quantitative estimate of drug-likeness (QED) is 0.518. The molecule has 2 aromatic carbocycles. The summed E-state index contributed by atoms with van der Waals surface area (Å²) in [4.78, 5) is 20.5. The van der Waals surface area contributed by atoms with Crippen LogP contribution >= 0.6 is 0 Å². The highest BCUT2D eigenvalue weighted by Crippen LogP contribution is 2.33. The smallest absolute Gasteiger partial charge is 0.270 e. The van der Waals surface area contributed by atoms with Crippen LogP contribution in [-0.4, -0.2) is 9.85 Å². The van der Waals surface area contributed by atoms with E-state index in [1.54, 1.807) is 0 Å². The fraction of sp³-hybridized carbons (Fsp3) is 0. The van der Waals surface area contributed by atoms with Gasteiger partial charge in [0.05, 0.1) is 9.85 Å². The lowest BCUT2D eigenvalue weighted by Crippen LogP contribution is -1.87. The summed E-state index contributed by atoms with van der Waals surface area (Å²) in [6.07, 6.45) is 0. The van der Waals surface area contributed by atoms with E-state index < -0.39 is 9.85 Å². The fourth-order valence-electron chi connectivity index (χ4n) is 1.98. The number of hydrogen-bond donors (Lipinski definition) is 0. The first-order valence-electron chi connectivity index (χ1n) is 5.31. The maximum Gasteiger partial charge on any atom is 0.270 e. The molecule has 94 valence electrons. The average molecular weight is 258 g/mol. The van der Waals surface area contributed by atoms with E-state index in [9.17, 15) is 20.2 Å². The van der Waals surface area contributed by atoms with Crippen molar-refractivity contribution in [1.29, 1.82) is 0 Å². The van der Waals surface area contributed by atoms with Crippen LogP contribution in [0.15, 0.2) is 40.8 Å². The van der Waals surface area contributed by atoms with Crippen molar-refractivity contribution in [2.75, 3.05) is 0 Å². The Hall–Kier alpha value is -2.96. The van der Waals surface area contributed by atoms with E-state index in [1.807, 2.05) is 0 Å². The minimum atomic E-state index is -0.518. The molecule has 3 aromatic rings. The van der Waals surface area contributed by atoms with Crippen molar-refractivity contribution in [3.05, 3.63) is 56.6 Å². The molecular weight excluding hydrogens is 252 g/mol. The lowest BCUT2D eigenvalue weighted by molar-refractivity contribution is -0.385. The van der Waals surface area contributed by atoms with Crippen LogP contribution in [0.2, 0.25) is 0 Å². The molecule has 0 fully saturated rings. The molecule has 0 unspecified atom stereocenters. The zero-order valence-corrected chi connectivity index (χ0v) is 9.40. The Morgan fingerprint density at radius 1 is 0.789 bits per heavy atom. The Morgan fingerprint density at radius 2 is 1.21 bits per heavy atom. The second-order valence-corrected chi connectivity index (χ2v) is 3.98. The van der Waals surface area contributed by atoms with Crippen molar-refractivity contribution < 1.29 is 14.3 Å². The van der Waals surface area contributed by atoms with Crippen LogP contribution in [0.5, 0.6) is 0 Å². The van der Waals surface area contributed by atoms with Crippen LogP contribution in [0.25, 0.3) is 21.9 Å². The van der Waals surface area contributed by atoms with Crippen molar-refractivity contribution in [3.8, 4) is 0 Å². The summed E-state index contributed by atoms with van der Waals surface area (Å²) in [6, 6.07) is 8.34. The summed E-state index contributed by atoms with van der Waals surface area (Å²) in [6.45, 7) is 0. The summed E-state index contributed by atoms with van der Waals surface area (Å²) < 4.78 is 5.48. The van der Waals surface area contributed by atoms with Crippen LogP contribution in [0.1, 0.15) is 0 Å². The van der Waals surface area contributed by atoms with Gasteiger partial charge in [-0.05, 0) is 12.1 Å². The van der Waals surface area contributed by atoms with Gasteiger partial charge < -0.3 is 4.42 Å². The van der Waals surface area contributed by atoms with Gasteiger partial charge in [-0.15, -0.1) is 0 Å². The van der Waals surface area contributed by atoms with E-state index >= 15 is 0 Å². The number of benzene rings is 2. The molecule has 7 heteroatoms. The van der Waals surface area contributed by atoms with E-state index in [2.05, 4.69) is 0 Å². The molecule has 19 heavy (non-hydrogen) atoms. The predicted molar refractivity (Wildman–Crippen MR) is 67.0 cm³/mol. The van der Waals surface area contributed by atoms with Crippen molar-refractivity contribution >= 4 is 33.3 Å². The Balaban J connectivity index is 2.37. The van der Waals surface area contributed by atoms with E-state index in [-0.39, 0.29) is 11.4 Å². The number of nitro benzene ring substituents is 2. The largest absolute Gasteiger partial charge is 0.456 e. The van der Waals surface area contributed by atoms with Gasteiger partial charge in [0.15, 0.2) is 0 Å². The van der Waals surface area contributed by atoms with Gasteiger partial charge in [-0.3, -0.25) is 20.2 Å². The third-order valence-electron chi connectivity index (χ3n) is 2.86. The summed E-state index contributed by atoms with van der Waals surface area (Å²) >= 11 is 0. The lowest BCUT2D eigenvalue weighted by atomic mass is 10.1. The molecular formula is C12H6N2O5. The highest BCUT2D eigenvalue weighted by Gasteiger charge is 2.15. The number of nitrogens with zero attached hydrogens (tertiary/aromatic N) is 2. The number of hydrogen-bond acceptors (Lipinski definition) is 5. The van der Waals surface area contributed by atoms with Gasteiger partial charge in [-0.1, -0.05) is 0 Å². The maximum absolute atomic E-state index is 10.7. The minimum absolute atomic E-state index is 0.0818. The lowest BCUT2D eigenvalue weighted by Gasteiger charge is -1.92. The highest BCUT2D eigenvalue weighted by molar-refractivity contribution is 6.06. The molecule has 0 spiro atoms. The van der Waals surface area contributed by atoms with E-state index in [0.29, 0.717) is 21.9 Å². The van der Waals surface area contributed by atoms with Crippen LogP contribution in [0.3, 0.4) is 0 Å². The number of nitro groups is 2. The van der Waals surface area contributed by atoms with E-state index in [1.165, 1.54) is 36.4 Å². The monoisotopic (exact) mass is 258 g/mol. The predicted octanol–water partition coefficient (Wildman–Crippen LogP) is 3.40. The van der Waals surface area contributed by atoms with Crippen LogP contribution in [-0.2, 0) is 0 Å². The molecule has 0 saturated carbocycles. The van der Waals surface area contributed by atoms with Gasteiger partial charge >= 0.3 is 0 Å². The van der Waals surface area contributed by atoms with Gasteiger partial charge in [-0.25, -0.2) is 0 Å². The molecule has 0 atom stereocenters. The molecule has 0 bridgehead atoms. The van der Waals surface area contributed by atoms with Crippen molar-refractivity contribution in [1.82, 2.24) is 0 Å². The molecule has 7 nitrogen and oxygen atoms in total. The SMILES string of the molecule is O=[N+]([O-])c1ccc2oc3ccc([N+](=O)[O-])cc3c2c1. The minimum Gasteiger partial charge on any atom is -0.456 e.